The molecule has 96 valence electrons. The summed E-state index contributed by atoms with van der Waals surface area (Å²) in [5, 5.41) is 3.17. The highest BCUT2D eigenvalue weighted by Crippen LogP contribution is 2.12. The Hall–Kier alpha value is -0.610. The van der Waals surface area contributed by atoms with E-state index in [1.54, 1.807) is 7.11 Å². The fourth-order valence-corrected chi connectivity index (χ4v) is 1.05. The van der Waals surface area contributed by atoms with Gasteiger partial charge in [0.05, 0.1) is 18.6 Å². The minimum atomic E-state index is -0.226. The lowest BCUT2D eigenvalue weighted by Crippen LogP contribution is -2.27. The van der Waals surface area contributed by atoms with Crippen LogP contribution in [-0.2, 0) is 14.3 Å². The fourth-order valence-electron chi connectivity index (χ4n) is 1.05. The summed E-state index contributed by atoms with van der Waals surface area (Å²) >= 11 is 0. The topological polar surface area (TPSA) is 47.6 Å². The van der Waals surface area contributed by atoms with Crippen molar-refractivity contribution < 1.29 is 14.3 Å². The molecule has 1 N–H and O–H groups in total. The number of ether oxygens (including phenoxy) is 2. The van der Waals surface area contributed by atoms with E-state index in [-0.39, 0.29) is 11.6 Å². The summed E-state index contributed by atoms with van der Waals surface area (Å²) in [5.74, 6) is -0.153. The van der Waals surface area contributed by atoms with Crippen LogP contribution in [0.25, 0.3) is 0 Å². The summed E-state index contributed by atoms with van der Waals surface area (Å²) in [4.78, 5) is 11.3. The van der Waals surface area contributed by atoms with Gasteiger partial charge in [0, 0.05) is 26.1 Å². The highest BCUT2D eigenvalue weighted by molar-refractivity contribution is 5.69. The van der Waals surface area contributed by atoms with Crippen molar-refractivity contribution in [3.8, 4) is 0 Å². The van der Waals surface area contributed by atoms with Gasteiger partial charge >= 0.3 is 5.97 Å². The highest BCUT2D eigenvalue weighted by atomic mass is 16.5. The summed E-state index contributed by atoms with van der Waals surface area (Å²) in [6.07, 6.45) is 1.14. The zero-order valence-corrected chi connectivity index (χ0v) is 11.1. The molecule has 0 bridgehead atoms. The maximum absolute atomic E-state index is 11.3. The molecule has 0 aliphatic heterocycles. The Balaban J connectivity index is 3.51. The number of nitrogens with one attached hydrogen (secondary N) is 1. The Labute approximate surface area is 98.7 Å². The molecule has 4 nitrogen and oxygen atoms in total. The van der Waals surface area contributed by atoms with Crippen molar-refractivity contribution in [2.75, 3.05) is 20.3 Å². The standard InChI is InChI=1S/C12H25NO3/c1-10(2)13-8-6-11(14)16-9-7-12(3,4)15-5/h10,13H,6-9H2,1-5H3. The molecule has 0 spiro atoms. The van der Waals surface area contributed by atoms with Crippen LogP contribution in [0, 0.1) is 0 Å². The van der Waals surface area contributed by atoms with Gasteiger partial charge in [-0.15, -0.1) is 0 Å². The number of carbonyl (C=O) groups is 1. The Kier molecular flexibility index (Phi) is 7.34. The van der Waals surface area contributed by atoms with E-state index in [1.807, 2.05) is 27.7 Å². The highest BCUT2D eigenvalue weighted by Gasteiger charge is 2.16. The third kappa shape index (κ3) is 8.68. The van der Waals surface area contributed by atoms with Gasteiger partial charge in [-0.2, -0.15) is 0 Å². The van der Waals surface area contributed by atoms with Gasteiger partial charge in [0.25, 0.3) is 0 Å². The van der Waals surface area contributed by atoms with Crippen molar-refractivity contribution >= 4 is 5.97 Å². The maximum atomic E-state index is 11.3. The van der Waals surface area contributed by atoms with E-state index in [4.69, 9.17) is 9.47 Å². The van der Waals surface area contributed by atoms with E-state index >= 15 is 0 Å². The molecular formula is C12H25NO3. The second-order valence-electron chi connectivity index (χ2n) is 4.79. The van der Waals surface area contributed by atoms with Crippen LogP contribution in [0.15, 0.2) is 0 Å². The summed E-state index contributed by atoms with van der Waals surface area (Å²) < 4.78 is 10.3. The lowest BCUT2D eigenvalue weighted by Gasteiger charge is -2.22. The molecule has 0 saturated carbocycles. The van der Waals surface area contributed by atoms with Crippen LogP contribution in [-0.4, -0.2) is 37.9 Å². The Morgan fingerprint density at radius 1 is 1.38 bits per heavy atom. The molecule has 16 heavy (non-hydrogen) atoms. The zero-order chi connectivity index (χ0) is 12.6. The molecule has 0 rings (SSSR count). The van der Waals surface area contributed by atoms with Crippen molar-refractivity contribution in [1.82, 2.24) is 5.32 Å². The minimum Gasteiger partial charge on any atom is -0.466 e. The first-order valence-electron chi connectivity index (χ1n) is 5.81. The van der Waals surface area contributed by atoms with E-state index in [0.29, 0.717) is 32.0 Å². The van der Waals surface area contributed by atoms with Crippen LogP contribution in [0.3, 0.4) is 0 Å². The van der Waals surface area contributed by atoms with E-state index in [9.17, 15) is 4.79 Å². The molecule has 0 aromatic heterocycles. The SMILES string of the molecule is COC(C)(C)CCOC(=O)CCNC(C)C. The Morgan fingerprint density at radius 3 is 2.50 bits per heavy atom. The summed E-state index contributed by atoms with van der Waals surface area (Å²) in [7, 11) is 1.66. The predicted molar refractivity (Wildman–Crippen MR) is 64.4 cm³/mol. The monoisotopic (exact) mass is 231 g/mol. The first-order valence-corrected chi connectivity index (χ1v) is 5.81. The molecule has 0 aromatic carbocycles. The molecule has 0 amide bonds. The lowest BCUT2D eigenvalue weighted by atomic mass is 10.1. The van der Waals surface area contributed by atoms with Crippen LogP contribution < -0.4 is 5.32 Å². The zero-order valence-electron chi connectivity index (χ0n) is 11.1. The number of methoxy groups -OCH3 is 1. The van der Waals surface area contributed by atoms with Crippen LogP contribution in [0.2, 0.25) is 0 Å². The van der Waals surface area contributed by atoms with Crippen molar-refractivity contribution in [2.45, 2.75) is 52.2 Å². The van der Waals surface area contributed by atoms with Gasteiger partial charge in [0.15, 0.2) is 0 Å². The smallest absolute Gasteiger partial charge is 0.307 e. The molecule has 4 heteroatoms. The second kappa shape index (κ2) is 7.63. The molecule has 0 aromatic rings. The number of hydrogen-bond donors (Lipinski definition) is 1. The third-order valence-electron chi connectivity index (χ3n) is 2.40. The van der Waals surface area contributed by atoms with Gasteiger partial charge in [0.1, 0.15) is 0 Å². The van der Waals surface area contributed by atoms with Crippen molar-refractivity contribution in [3.05, 3.63) is 0 Å². The number of carbonyl (C=O) groups excluding carboxylic acids is 1. The average molecular weight is 231 g/mol. The summed E-state index contributed by atoms with van der Waals surface area (Å²) in [6, 6.07) is 0.403. The van der Waals surface area contributed by atoms with Gasteiger partial charge in [-0.25, -0.2) is 0 Å². The van der Waals surface area contributed by atoms with Crippen molar-refractivity contribution in [1.29, 1.82) is 0 Å². The molecule has 0 unspecified atom stereocenters. The van der Waals surface area contributed by atoms with Crippen LogP contribution in [0.1, 0.15) is 40.5 Å². The van der Waals surface area contributed by atoms with Gasteiger partial charge in [-0.05, 0) is 13.8 Å². The molecule has 0 heterocycles. The van der Waals surface area contributed by atoms with Crippen LogP contribution in [0.4, 0.5) is 0 Å². The van der Waals surface area contributed by atoms with E-state index in [1.165, 1.54) is 0 Å². The summed E-state index contributed by atoms with van der Waals surface area (Å²) in [5.41, 5.74) is -0.226. The minimum absolute atomic E-state index is 0.153. The molecule has 0 atom stereocenters. The summed E-state index contributed by atoms with van der Waals surface area (Å²) in [6.45, 7) is 9.13. The van der Waals surface area contributed by atoms with E-state index in [2.05, 4.69) is 5.32 Å². The number of esters is 1. The van der Waals surface area contributed by atoms with Gasteiger partial charge < -0.3 is 14.8 Å². The van der Waals surface area contributed by atoms with E-state index < -0.39 is 0 Å². The molecule has 0 radical (unpaired) electrons. The van der Waals surface area contributed by atoms with Gasteiger partial charge in [0.2, 0.25) is 0 Å². The molecule has 0 saturated heterocycles. The molecule has 0 fully saturated rings. The largest absolute Gasteiger partial charge is 0.466 e. The number of rotatable bonds is 8. The Morgan fingerprint density at radius 2 is 2.00 bits per heavy atom. The predicted octanol–water partition coefficient (Wildman–Crippen LogP) is 1.73. The van der Waals surface area contributed by atoms with Crippen molar-refractivity contribution in [2.24, 2.45) is 0 Å². The average Bonchev–Trinajstić information content (AvgIpc) is 2.17. The fraction of sp³-hybridized carbons (Fsp3) is 0.917. The second-order valence-corrected chi connectivity index (χ2v) is 4.79. The molecular weight excluding hydrogens is 206 g/mol. The van der Waals surface area contributed by atoms with Gasteiger partial charge in [-0.3, -0.25) is 4.79 Å². The lowest BCUT2D eigenvalue weighted by molar-refractivity contribution is -0.145. The number of hydrogen-bond acceptors (Lipinski definition) is 4. The third-order valence-corrected chi connectivity index (χ3v) is 2.40. The van der Waals surface area contributed by atoms with Crippen LogP contribution in [0.5, 0.6) is 0 Å². The molecule has 0 aliphatic carbocycles. The van der Waals surface area contributed by atoms with Gasteiger partial charge in [-0.1, -0.05) is 13.8 Å². The maximum Gasteiger partial charge on any atom is 0.307 e. The Bertz CT molecular complexity index is 202. The van der Waals surface area contributed by atoms with E-state index in [0.717, 1.165) is 0 Å². The quantitative estimate of drug-likeness (QED) is 0.646. The first-order chi connectivity index (χ1) is 7.37. The first kappa shape index (κ1) is 15.4. The van der Waals surface area contributed by atoms with Crippen molar-refractivity contribution in [3.63, 3.8) is 0 Å². The normalized spacial score (nSPS) is 11.9. The molecule has 0 aliphatic rings. The van der Waals surface area contributed by atoms with Crippen LogP contribution >= 0.6 is 0 Å².